The van der Waals surface area contributed by atoms with Crippen molar-refractivity contribution >= 4 is 23.6 Å². The van der Waals surface area contributed by atoms with Gasteiger partial charge in [-0.15, -0.1) is 0 Å². The number of aromatic amines is 2. The van der Waals surface area contributed by atoms with Crippen LogP contribution in [0.2, 0.25) is 0 Å². The van der Waals surface area contributed by atoms with Gasteiger partial charge in [0.1, 0.15) is 0 Å². The molecule has 0 spiro atoms. The number of H-pyrrole nitrogens is 2. The average Bonchev–Trinajstić information content (AvgIpc) is 3.32. The van der Waals surface area contributed by atoms with Gasteiger partial charge in [0.05, 0.1) is 11.4 Å². The minimum atomic E-state index is 0.803. The zero-order chi connectivity index (χ0) is 15.9. The van der Waals surface area contributed by atoms with E-state index in [4.69, 9.17) is 9.98 Å². The molecule has 0 aromatic carbocycles. The van der Waals surface area contributed by atoms with E-state index in [-0.39, 0.29) is 0 Å². The molecule has 0 amide bonds. The van der Waals surface area contributed by atoms with Gasteiger partial charge in [-0.2, -0.15) is 0 Å². The lowest BCUT2D eigenvalue weighted by molar-refractivity contribution is 1.17. The summed E-state index contributed by atoms with van der Waals surface area (Å²) in [7, 11) is 0. The first-order valence-electron chi connectivity index (χ1n) is 8.11. The van der Waals surface area contributed by atoms with E-state index >= 15 is 0 Å². The smallest absolute Gasteiger partial charge is 0.0654 e. The summed E-state index contributed by atoms with van der Waals surface area (Å²) >= 11 is 0. The molecule has 0 saturated heterocycles. The van der Waals surface area contributed by atoms with Crippen molar-refractivity contribution in [2.24, 2.45) is 9.98 Å². The van der Waals surface area contributed by atoms with Crippen molar-refractivity contribution in [2.75, 3.05) is 0 Å². The molecule has 8 bridgehead atoms. The van der Waals surface area contributed by atoms with E-state index in [9.17, 15) is 0 Å². The molecule has 4 nitrogen and oxygen atoms in total. The maximum absolute atomic E-state index is 4.70. The molecule has 5 heterocycles. The zero-order valence-electron chi connectivity index (χ0n) is 13.1. The van der Waals surface area contributed by atoms with Crippen molar-refractivity contribution in [3.63, 3.8) is 0 Å². The summed E-state index contributed by atoms with van der Waals surface area (Å²) < 4.78 is 0. The Balaban J connectivity index is 1.59. The zero-order valence-corrected chi connectivity index (χ0v) is 13.1. The lowest BCUT2D eigenvalue weighted by Crippen LogP contribution is -1.98. The third-order valence-corrected chi connectivity index (χ3v) is 4.33. The Morgan fingerprint density at radius 2 is 1.12 bits per heavy atom. The maximum Gasteiger partial charge on any atom is 0.0654 e. The molecular weight excluding hydrogens is 296 g/mol. The summed E-state index contributed by atoms with van der Waals surface area (Å²) in [6.45, 7) is 0. The van der Waals surface area contributed by atoms with Crippen LogP contribution in [0.1, 0.15) is 22.8 Å². The number of nitrogens with one attached hydrogen (secondary N) is 2. The monoisotopic (exact) mass is 312 g/mol. The topological polar surface area (TPSA) is 56.3 Å². The molecule has 0 saturated carbocycles. The number of rotatable bonds is 0. The highest BCUT2D eigenvalue weighted by atomic mass is 14.8. The molecule has 2 aromatic heterocycles. The Hall–Kier alpha value is -3.14. The normalized spacial score (nSPS) is 18.3. The number of fused-ring (bicyclic) bond motifs is 6. The van der Waals surface area contributed by atoms with Gasteiger partial charge in [-0.25, -0.2) is 0 Å². The second-order valence-electron chi connectivity index (χ2n) is 6.24. The number of aromatic nitrogens is 2. The lowest BCUT2D eigenvalue weighted by Gasteiger charge is -1.98. The van der Waals surface area contributed by atoms with Gasteiger partial charge in [0.2, 0.25) is 0 Å². The third kappa shape index (κ3) is 2.52. The van der Waals surface area contributed by atoms with Crippen LogP contribution in [0.4, 0.5) is 0 Å². The van der Waals surface area contributed by atoms with E-state index < -0.39 is 0 Å². The van der Waals surface area contributed by atoms with E-state index in [1.54, 1.807) is 0 Å². The number of aliphatic imine (C=N–C) groups is 2. The molecule has 0 unspecified atom stereocenters. The van der Waals surface area contributed by atoms with Crippen LogP contribution < -0.4 is 0 Å². The minimum Gasteiger partial charge on any atom is -0.359 e. The van der Waals surface area contributed by atoms with Crippen molar-refractivity contribution < 1.29 is 0 Å². The fraction of sp³-hybridized carbons (Fsp3) is 0.100. The Kier molecular flexibility index (Phi) is 2.88. The average molecular weight is 312 g/mol. The number of hydrogen-bond donors (Lipinski definition) is 2. The first-order valence-corrected chi connectivity index (χ1v) is 8.11. The molecular formula is C20H16N4. The fourth-order valence-electron chi connectivity index (χ4n) is 3.20. The van der Waals surface area contributed by atoms with E-state index in [1.165, 1.54) is 0 Å². The van der Waals surface area contributed by atoms with Crippen molar-refractivity contribution in [3.8, 4) is 0 Å². The highest BCUT2D eigenvalue weighted by molar-refractivity contribution is 6.01. The predicted molar refractivity (Wildman–Crippen MR) is 98.1 cm³/mol. The van der Waals surface area contributed by atoms with E-state index in [2.05, 4.69) is 70.7 Å². The fourth-order valence-corrected chi connectivity index (χ4v) is 3.20. The molecule has 0 fully saturated rings. The Labute approximate surface area is 139 Å². The summed E-state index contributed by atoms with van der Waals surface area (Å²) in [5, 5.41) is 0. The highest BCUT2D eigenvalue weighted by Crippen LogP contribution is 2.20. The van der Waals surface area contributed by atoms with Crippen molar-refractivity contribution in [1.29, 1.82) is 0 Å². The first kappa shape index (κ1) is 13.3. The van der Waals surface area contributed by atoms with Crippen LogP contribution in [-0.4, -0.2) is 21.4 Å². The van der Waals surface area contributed by atoms with Gasteiger partial charge in [-0.1, -0.05) is 0 Å². The molecule has 3 aliphatic rings. The van der Waals surface area contributed by atoms with Crippen LogP contribution in [0.15, 0.2) is 69.9 Å². The first-order chi connectivity index (χ1) is 11.8. The summed E-state index contributed by atoms with van der Waals surface area (Å²) in [5.74, 6) is 0. The maximum atomic E-state index is 4.70. The van der Waals surface area contributed by atoms with E-state index in [0.29, 0.717) is 0 Å². The molecule has 5 rings (SSSR count). The van der Waals surface area contributed by atoms with E-state index in [1.807, 2.05) is 0 Å². The molecule has 116 valence electrons. The standard InChI is InChI=1S/C20H16N4/c1-2-14-10-16-5-6-18(23-16)12-20-8-7-19(24-20)11-17-4-3-15(22-17)9-13(1)21-14/h1-9,12,21,24H,10-11H2. The van der Waals surface area contributed by atoms with Gasteiger partial charge in [-0.05, 0) is 60.7 Å². The summed E-state index contributed by atoms with van der Waals surface area (Å²) in [6, 6.07) is 8.41. The van der Waals surface area contributed by atoms with Gasteiger partial charge in [-0.3, -0.25) is 9.98 Å². The predicted octanol–water partition coefficient (Wildman–Crippen LogP) is 3.85. The molecule has 2 aromatic rings. The molecule has 0 atom stereocenters. The highest BCUT2D eigenvalue weighted by Gasteiger charge is 2.11. The SMILES string of the molecule is C1=CC2=NC1=Cc1ccc([nH]1)CC1=NC(=Cc3ccc([nH]3)C2)C=C1. The van der Waals surface area contributed by atoms with Crippen LogP contribution in [0.25, 0.3) is 12.2 Å². The molecule has 0 radical (unpaired) electrons. The largest absolute Gasteiger partial charge is 0.359 e. The van der Waals surface area contributed by atoms with Crippen molar-refractivity contribution in [3.05, 3.63) is 82.7 Å². The quantitative estimate of drug-likeness (QED) is 0.742. The summed E-state index contributed by atoms with van der Waals surface area (Å²) in [5.41, 5.74) is 8.57. The molecule has 0 aliphatic carbocycles. The Bertz CT molecular complexity index is 920. The van der Waals surface area contributed by atoms with Crippen molar-refractivity contribution in [1.82, 2.24) is 9.97 Å². The third-order valence-electron chi connectivity index (χ3n) is 4.33. The second kappa shape index (κ2) is 5.20. The van der Waals surface area contributed by atoms with Crippen LogP contribution in [0, 0.1) is 0 Å². The number of allylic oxidation sites excluding steroid dienone is 4. The molecule has 3 aliphatic heterocycles. The number of hydrogen-bond acceptors (Lipinski definition) is 2. The van der Waals surface area contributed by atoms with Crippen molar-refractivity contribution in [2.45, 2.75) is 12.8 Å². The van der Waals surface area contributed by atoms with E-state index in [0.717, 1.165) is 58.4 Å². The van der Waals surface area contributed by atoms with Gasteiger partial charge in [0.15, 0.2) is 0 Å². The van der Waals surface area contributed by atoms with Crippen LogP contribution in [0.3, 0.4) is 0 Å². The van der Waals surface area contributed by atoms with Gasteiger partial charge < -0.3 is 9.97 Å². The molecule has 4 heteroatoms. The van der Waals surface area contributed by atoms with Gasteiger partial charge in [0.25, 0.3) is 0 Å². The number of nitrogens with zero attached hydrogens (tertiary/aromatic N) is 2. The van der Waals surface area contributed by atoms with Crippen LogP contribution in [0.5, 0.6) is 0 Å². The van der Waals surface area contributed by atoms with Gasteiger partial charge >= 0.3 is 0 Å². The minimum absolute atomic E-state index is 0.803. The molecule has 2 N–H and O–H groups in total. The Morgan fingerprint density at radius 3 is 1.62 bits per heavy atom. The van der Waals surface area contributed by atoms with Crippen LogP contribution >= 0.6 is 0 Å². The summed E-state index contributed by atoms with van der Waals surface area (Å²) in [6.07, 6.45) is 14.1. The molecule has 24 heavy (non-hydrogen) atoms. The Morgan fingerprint density at radius 1 is 0.625 bits per heavy atom. The summed E-state index contributed by atoms with van der Waals surface area (Å²) in [4.78, 5) is 16.3. The second-order valence-corrected chi connectivity index (χ2v) is 6.24. The van der Waals surface area contributed by atoms with Crippen LogP contribution in [-0.2, 0) is 12.8 Å². The lowest BCUT2D eigenvalue weighted by atomic mass is 10.2. The van der Waals surface area contributed by atoms with Gasteiger partial charge in [0, 0.05) is 47.0 Å².